The van der Waals surface area contributed by atoms with E-state index in [0.717, 1.165) is 24.3 Å². The first-order valence-corrected chi connectivity index (χ1v) is 8.35. The monoisotopic (exact) mass is 328 g/mol. The molecule has 1 heterocycles. The van der Waals surface area contributed by atoms with E-state index in [1.165, 1.54) is 11.8 Å². The van der Waals surface area contributed by atoms with Crippen LogP contribution in [0, 0.1) is 11.7 Å². The molecule has 0 aliphatic carbocycles. The Hall–Kier alpha value is -1.96. The molecular weight excluding hydrogens is 311 g/mol. The number of hydrogen-bond acceptors (Lipinski definition) is 4. The van der Waals surface area contributed by atoms with Crippen LogP contribution < -0.4 is 5.73 Å². The Morgan fingerprint density at radius 1 is 1.32 bits per heavy atom. The molecule has 0 spiro atoms. The number of carbonyl (C=O) groups excluding carboxylic acids is 2. The third kappa shape index (κ3) is 3.11. The molecule has 120 valence electrons. The molecule has 1 aliphatic rings. The Balaban J connectivity index is 2.16. The summed E-state index contributed by atoms with van der Waals surface area (Å²) in [6.45, 7) is 1.73. The largest absolute Gasteiger partial charge is 0.369 e. The molecule has 2 rings (SSSR count). The first kappa shape index (κ1) is 16.4. The minimum Gasteiger partial charge on any atom is -0.369 e. The maximum Gasteiger partial charge on any atom is 0.241 e. The van der Waals surface area contributed by atoms with Gasteiger partial charge in [0.05, 0.1) is 10.8 Å². The zero-order chi connectivity index (χ0) is 16.5. The van der Waals surface area contributed by atoms with E-state index in [9.17, 15) is 22.4 Å². The topological polar surface area (TPSA) is 97.5 Å². The minimum absolute atomic E-state index is 0.111. The first-order valence-electron chi connectivity index (χ1n) is 6.81. The number of nitrogens with zero attached hydrogens (tertiary/aromatic N) is 1. The number of nitrogens with two attached hydrogens (primary N) is 1. The minimum atomic E-state index is -3.90. The molecule has 0 radical (unpaired) electrons. The van der Waals surface area contributed by atoms with E-state index in [2.05, 4.69) is 0 Å². The molecule has 1 fully saturated rings. The lowest BCUT2D eigenvalue weighted by molar-refractivity contribution is -0.129. The second kappa shape index (κ2) is 6.04. The predicted octanol–water partition coefficient (Wildman–Crippen LogP) is 0.322. The van der Waals surface area contributed by atoms with Crippen molar-refractivity contribution in [1.82, 2.24) is 4.90 Å². The van der Waals surface area contributed by atoms with Gasteiger partial charge in [0.2, 0.25) is 11.8 Å². The highest BCUT2D eigenvalue weighted by Crippen LogP contribution is 2.22. The van der Waals surface area contributed by atoms with Gasteiger partial charge in [-0.05, 0) is 37.6 Å². The highest BCUT2D eigenvalue weighted by atomic mass is 32.2. The molecule has 0 bridgehead atoms. The van der Waals surface area contributed by atoms with Crippen molar-refractivity contribution in [1.29, 1.82) is 0 Å². The van der Waals surface area contributed by atoms with E-state index in [1.54, 1.807) is 0 Å². The molecule has 0 aromatic heterocycles. The maximum atomic E-state index is 12.9. The second-order valence-electron chi connectivity index (χ2n) is 5.31. The van der Waals surface area contributed by atoms with E-state index in [1.807, 2.05) is 0 Å². The molecule has 0 unspecified atom stereocenters. The molecule has 2 N–H and O–H groups in total. The van der Waals surface area contributed by atoms with E-state index >= 15 is 0 Å². The quantitative estimate of drug-likeness (QED) is 0.805. The number of carbonyl (C=O) groups is 2. The third-order valence-corrected chi connectivity index (χ3v) is 5.92. The fourth-order valence-corrected chi connectivity index (χ4v) is 3.75. The Kier molecular flexibility index (Phi) is 4.50. The van der Waals surface area contributed by atoms with Crippen LogP contribution >= 0.6 is 0 Å². The van der Waals surface area contributed by atoms with Crippen LogP contribution in [0.4, 0.5) is 4.39 Å². The molecule has 2 atom stereocenters. The van der Waals surface area contributed by atoms with Crippen LogP contribution in [0.25, 0.3) is 0 Å². The summed E-state index contributed by atoms with van der Waals surface area (Å²) in [6, 6.07) is 4.32. The highest BCUT2D eigenvalue weighted by molar-refractivity contribution is 7.92. The van der Waals surface area contributed by atoms with Crippen molar-refractivity contribution in [2.45, 2.75) is 23.5 Å². The zero-order valence-corrected chi connectivity index (χ0v) is 12.8. The Bertz CT molecular complexity index is 687. The van der Waals surface area contributed by atoms with Crippen molar-refractivity contribution in [2.75, 3.05) is 13.1 Å². The number of benzene rings is 1. The number of primary amides is 1. The van der Waals surface area contributed by atoms with Gasteiger partial charge in [0, 0.05) is 13.1 Å². The molecular formula is C14H17FN2O4S. The Morgan fingerprint density at radius 2 is 1.91 bits per heavy atom. The van der Waals surface area contributed by atoms with Gasteiger partial charge in [-0.2, -0.15) is 0 Å². The van der Waals surface area contributed by atoms with Crippen LogP contribution in [0.15, 0.2) is 29.2 Å². The van der Waals surface area contributed by atoms with Crippen molar-refractivity contribution >= 4 is 21.7 Å². The molecule has 1 aliphatic heterocycles. The molecule has 8 heteroatoms. The van der Waals surface area contributed by atoms with Crippen molar-refractivity contribution in [2.24, 2.45) is 11.7 Å². The van der Waals surface area contributed by atoms with Gasteiger partial charge in [-0.3, -0.25) is 9.59 Å². The number of halogens is 1. The Morgan fingerprint density at radius 3 is 2.41 bits per heavy atom. The molecule has 2 amide bonds. The summed E-state index contributed by atoms with van der Waals surface area (Å²) in [5.41, 5.74) is 5.20. The van der Waals surface area contributed by atoms with Gasteiger partial charge >= 0.3 is 0 Å². The van der Waals surface area contributed by atoms with E-state index < -0.39 is 38.6 Å². The summed E-state index contributed by atoms with van der Waals surface area (Å²) in [7, 11) is -3.90. The van der Waals surface area contributed by atoms with Crippen molar-refractivity contribution < 1.29 is 22.4 Å². The Labute approximate surface area is 128 Å². The summed E-state index contributed by atoms with van der Waals surface area (Å²) < 4.78 is 37.7. The number of likely N-dealkylation sites (tertiary alicyclic amines) is 1. The van der Waals surface area contributed by atoms with Gasteiger partial charge in [-0.1, -0.05) is 0 Å². The van der Waals surface area contributed by atoms with E-state index in [4.69, 9.17) is 5.73 Å². The lowest BCUT2D eigenvalue weighted by Crippen LogP contribution is -2.41. The summed E-state index contributed by atoms with van der Waals surface area (Å²) in [5, 5.41) is -1.30. The summed E-state index contributed by atoms with van der Waals surface area (Å²) in [6.07, 6.45) is 0.435. The predicted molar refractivity (Wildman–Crippen MR) is 76.9 cm³/mol. The summed E-state index contributed by atoms with van der Waals surface area (Å²) >= 11 is 0. The van der Waals surface area contributed by atoms with Crippen molar-refractivity contribution in [3.8, 4) is 0 Å². The van der Waals surface area contributed by atoms with Gasteiger partial charge < -0.3 is 10.6 Å². The van der Waals surface area contributed by atoms with Gasteiger partial charge in [0.15, 0.2) is 9.84 Å². The van der Waals surface area contributed by atoms with Gasteiger partial charge in [0.1, 0.15) is 11.1 Å². The normalized spacial score (nSPS) is 19.9. The molecule has 0 saturated carbocycles. The second-order valence-corrected chi connectivity index (χ2v) is 7.58. The number of amides is 2. The summed E-state index contributed by atoms with van der Waals surface area (Å²) in [4.78, 5) is 24.7. The number of sulfone groups is 1. The van der Waals surface area contributed by atoms with Crippen LogP contribution in [0.3, 0.4) is 0 Å². The van der Waals surface area contributed by atoms with Crippen LogP contribution in [0.1, 0.15) is 13.3 Å². The number of hydrogen-bond donors (Lipinski definition) is 1. The lowest BCUT2D eigenvalue weighted by Gasteiger charge is -2.21. The van der Waals surface area contributed by atoms with Crippen molar-refractivity contribution in [3.63, 3.8) is 0 Å². The molecule has 1 aromatic carbocycles. The van der Waals surface area contributed by atoms with Gasteiger partial charge in [-0.25, -0.2) is 12.8 Å². The highest BCUT2D eigenvalue weighted by Gasteiger charge is 2.37. The van der Waals surface area contributed by atoms with Gasteiger partial charge in [-0.15, -0.1) is 0 Å². The standard InChI is InChI=1S/C14H17FN2O4S/c1-9(14(19)17-7-6-10(8-17)13(16)18)22(20,21)12-4-2-11(15)3-5-12/h2-5,9-10H,6-8H2,1H3,(H2,16,18)/t9-,10+/m1/s1. The maximum absolute atomic E-state index is 12.9. The van der Waals surface area contributed by atoms with Crippen LogP contribution in [-0.4, -0.2) is 43.5 Å². The molecule has 1 saturated heterocycles. The van der Waals surface area contributed by atoms with Gasteiger partial charge in [0.25, 0.3) is 0 Å². The zero-order valence-electron chi connectivity index (χ0n) is 12.0. The number of rotatable bonds is 4. The fraction of sp³-hybridized carbons (Fsp3) is 0.429. The summed E-state index contributed by atoms with van der Waals surface area (Å²) in [5.74, 6) is -2.07. The van der Waals surface area contributed by atoms with Crippen LogP contribution in [0.5, 0.6) is 0 Å². The van der Waals surface area contributed by atoms with Crippen LogP contribution in [-0.2, 0) is 19.4 Å². The lowest BCUT2D eigenvalue weighted by atomic mass is 10.1. The van der Waals surface area contributed by atoms with E-state index in [0.29, 0.717) is 13.0 Å². The van der Waals surface area contributed by atoms with Crippen molar-refractivity contribution in [3.05, 3.63) is 30.1 Å². The molecule has 1 aromatic rings. The first-order chi connectivity index (χ1) is 10.2. The van der Waals surface area contributed by atoms with E-state index in [-0.39, 0.29) is 11.4 Å². The smallest absolute Gasteiger partial charge is 0.241 e. The third-order valence-electron chi connectivity index (χ3n) is 3.86. The molecule has 6 nitrogen and oxygen atoms in total. The average Bonchev–Trinajstić information content (AvgIpc) is 2.96. The SMILES string of the molecule is C[C@H](C(=O)N1CC[C@H](C(N)=O)C1)S(=O)(=O)c1ccc(F)cc1. The fourth-order valence-electron chi connectivity index (χ4n) is 2.41. The molecule has 22 heavy (non-hydrogen) atoms. The average molecular weight is 328 g/mol. The van der Waals surface area contributed by atoms with Crippen LogP contribution in [0.2, 0.25) is 0 Å².